The molecule has 0 fully saturated rings. The van der Waals surface area contributed by atoms with E-state index in [9.17, 15) is 4.79 Å². The van der Waals surface area contributed by atoms with Crippen LogP contribution in [0.25, 0.3) is 10.8 Å². The van der Waals surface area contributed by atoms with Crippen LogP contribution in [0.1, 0.15) is 38.8 Å². The second-order valence-corrected chi connectivity index (χ2v) is 8.27. The lowest BCUT2D eigenvalue weighted by atomic mass is 9.89. The molecule has 5 heteroatoms. The van der Waals surface area contributed by atoms with Crippen molar-refractivity contribution < 1.29 is 19.0 Å². The van der Waals surface area contributed by atoms with Gasteiger partial charge >= 0.3 is 0 Å². The maximum Gasteiger partial charge on any atom is 0.261 e. The summed E-state index contributed by atoms with van der Waals surface area (Å²) in [6.07, 6.45) is 0.0300. The molecule has 2 atom stereocenters. The van der Waals surface area contributed by atoms with Gasteiger partial charge in [0.25, 0.3) is 5.91 Å². The number of amides is 1. The highest BCUT2D eigenvalue weighted by Gasteiger charge is 2.35. The third kappa shape index (κ3) is 4.06. The topological polar surface area (TPSA) is 56.8 Å². The molecule has 156 valence electrons. The molecule has 3 aromatic rings. The second kappa shape index (κ2) is 7.90. The van der Waals surface area contributed by atoms with Gasteiger partial charge in [0.1, 0.15) is 22.8 Å². The van der Waals surface area contributed by atoms with Gasteiger partial charge in [-0.25, -0.2) is 0 Å². The van der Waals surface area contributed by atoms with Crippen molar-refractivity contribution in [1.29, 1.82) is 0 Å². The molecule has 3 aromatic carbocycles. The molecule has 0 saturated carbocycles. The van der Waals surface area contributed by atoms with Gasteiger partial charge in [-0.15, -0.1) is 0 Å². The van der Waals surface area contributed by atoms with E-state index in [1.54, 1.807) is 14.0 Å². The van der Waals surface area contributed by atoms with Crippen molar-refractivity contribution in [2.75, 3.05) is 7.11 Å². The zero-order valence-corrected chi connectivity index (χ0v) is 17.8. The third-order valence-corrected chi connectivity index (χ3v) is 5.42. The minimum Gasteiger partial charge on any atom is -0.497 e. The minimum absolute atomic E-state index is 0.160. The van der Waals surface area contributed by atoms with Crippen LogP contribution in [0.5, 0.6) is 17.2 Å². The van der Waals surface area contributed by atoms with Gasteiger partial charge in [0.2, 0.25) is 0 Å². The molecule has 0 aromatic heterocycles. The van der Waals surface area contributed by atoms with Crippen molar-refractivity contribution in [2.24, 2.45) is 0 Å². The zero-order chi connectivity index (χ0) is 21.3. The number of nitrogens with one attached hydrogen (secondary N) is 1. The Morgan fingerprint density at radius 1 is 1.13 bits per heavy atom. The number of rotatable bonds is 5. The Labute approximate surface area is 177 Å². The lowest BCUT2D eigenvalue weighted by Crippen LogP contribution is -2.44. The Morgan fingerprint density at radius 3 is 2.70 bits per heavy atom. The molecule has 1 heterocycles. The van der Waals surface area contributed by atoms with Gasteiger partial charge in [-0.05, 0) is 44.4 Å². The predicted octanol–water partition coefficient (Wildman–Crippen LogP) is 5.03. The van der Waals surface area contributed by atoms with Gasteiger partial charge in [-0.2, -0.15) is 0 Å². The first kappa shape index (κ1) is 20.1. The Hall–Kier alpha value is -3.21. The van der Waals surface area contributed by atoms with Crippen molar-refractivity contribution in [1.82, 2.24) is 5.32 Å². The van der Waals surface area contributed by atoms with Gasteiger partial charge < -0.3 is 19.5 Å². The average molecular weight is 405 g/mol. The van der Waals surface area contributed by atoms with E-state index in [1.165, 1.54) is 0 Å². The van der Waals surface area contributed by atoms with Crippen LogP contribution in [0.15, 0.2) is 60.7 Å². The first-order chi connectivity index (χ1) is 14.4. The molecule has 0 spiro atoms. The van der Waals surface area contributed by atoms with Crippen LogP contribution in [-0.4, -0.2) is 24.7 Å². The van der Waals surface area contributed by atoms with Gasteiger partial charge in [-0.3, -0.25) is 4.79 Å². The number of benzene rings is 3. The number of carbonyl (C=O) groups is 1. The first-order valence-electron chi connectivity index (χ1n) is 10.2. The van der Waals surface area contributed by atoms with Crippen LogP contribution < -0.4 is 19.5 Å². The Balaban J connectivity index is 1.53. The Morgan fingerprint density at radius 2 is 1.90 bits per heavy atom. The highest BCUT2D eigenvalue weighted by Crippen LogP contribution is 2.41. The average Bonchev–Trinajstić information content (AvgIpc) is 2.72. The lowest BCUT2D eigenvalue weighted by molar-refractivity contribution is -0.128. The summed E-state index contributed by atoms with van der Waals surface area (Å²) in [5, 5.41) is 5.22. The molecule has 5 nitrogen and oxygen atoms in total. The van der Waals surface area contributed by atoms with Gasteiger partial charge in [0, 0.05) is 23.4 Å². The molecule has 0 radical (unpaired) electrons. The maximum atomic E-state index is 13.0. The second-order valence-electron chi connectivity index (χ2n) is 8.27. The summed E-state index contributed by atoms with van der Waals surface area (Å²) >= 11 is 0. The van der Waals surface area contributed by atoms with E-state index in [-0.39, 0.29) is 11.9 Å². The largest absolute Gasteiger partial charge is 0.497 e. The van der Waals surface area contributed by atoms with Crippen LogP contribution >= 0.6 is 0 Å². The monoisotopic (exact) mass is 405 g/mol. The number of hydrogen-bond acceptors (Lipinski definition) is 4. The van der Waals surface area contributed by atoms with E-state index in [2.05, 4.69) is 5.32 Å². The molecule has 30 heavy (non-hydrogen) atoms. The number of fused-ring (bicyclic) bond motifs is 2. The van der Waals surface area contributed by atoms with E-state index >= 15 is 0 Å². The smallest absolute Gasteiger partial charge is 0.261 e. The Kier molecular flexibility index (Phi) is 5.29. The summed E-state index contributed by atoms with van der Waals surface area (Å²) in [4.78, 5) is 13.0. The summed E-state index contributed by atoms with van der Waals surface area (Å²) in [5.41, 5.74) is 0.540. The van der Waals surface area contributed by atoms with Crippen molar-refractivity contribution in [3.63, 3.8) is 0 Å². The molecule has 1 aliphatic heterocycles. The number of carbonyl (C=O) groups excluding carboxylic acids is 1. The molecule has 4 rings (SSSR count). The van der Waals surface area contributed by atoms with E-state index in [1.807, 2.05) is 74.5 Å². The standard InChI is InChI=1S/C25H27NO4/c1-16(29-22-11-7-9-17-8-5-6-10-19(17)22)24(27)26-21-15-25(2,3)30-23-14-18(28-4)12-13-20(21)23/h5-14,16,21H,15H2,1-4H3,(H,26,27). The summed E-state index contributed by atoms with van der Waals surface area (Å²) in [7, 11) is 1.63. The molecule has 0 aliphatic carbocycles. The highest BCUT2D eigenvalue weighted by molar-refractivity contribution is 5.89. The fraction of sp³-hybridized carbons (Fsp3) is 0.320. The SMILES string of the molecule is COc1ccc2c(c1)OC(C)(C)CC2NC(=O)C(C)Oc1cccc2ccccc12. The van der Waals surface area contributed by atoms with Gasteiger partial charge in [0.05, 0.1) is 13.2 Å². The molecule has 2 unspecified atom stereocenters. The summed E-state index contributed by atoms with van der Waals surface area (Å²) in [6.45, 7) is 5.81. The fourth-order valence-corrected chi connectivity index (χ4v) is 3.92. The van der Waals surface area contributed by atoms with Crippen LogP contribution in [0, 0.1) is 0 Å². The van der Waals surface area contributed by atoms with Crippen LogP contribution in [0.4, 0.5) is 0 Å². The molecular formula is C25H27NO4. The predicted molar refractivity (Wildman–Crippen MR) is 117 cm³/mol. The number of methoxy groups -OCH3 is 1. The molecule has 1 N–H and O–H groups in total. The third-order valence-electron chi connectivity index (χ3n) is 5.42. The highest BCUT2D eigenvalue weighted by atomic mass is 16.5. The fourth-order valence-electron chi connectivity index (χ4n) is 3.92. The molecule has 0 bridgehead atoms. The minimum atomic E-state index is -0.636. The van der Waals surface area contributed by atoms with E-state index in [0.29, 0.717) is 12.2 Å². The van der Waals surface area contributed by atoms with Crippen molar-refractivity contribution >= 4 is 16.7 Å². The number of ether oxygens (including phenoxy) is 3. The molecule has 1 amide bonds. The molecule has 1 aliphatic rings. The van der Waals surface area contributed by atoms with Crippen molar-refractivity contribution in [3.05, 3.63) is 66.2 Å². The van der Waals surface area contributed by atoms with Crippen molar-refractivity contribution in [2.45, 2.75) is 44.9 Å². The van der Waals surface area contributed by atoms with Crippen LogP contribution in [-0.2, 0) is 4.79 Å². The van der Waals surface area contributed by atoms with Crippen LogP contribution in [0.2, 0.25) is 0 Å². The molecule has 0 saturated heterocycles. The quantitative estimate of drug-likeness (QED) is 0.647. The maximum absolute atomic E-state index is 13.0. The van der Waals surface area contributed by atoms with Crippen LogP contribution in [0.3, 0.4) is 0 Å². The van der Waals surface area contributed by atoms with E-state index < -0.39 is 11.7 Å². The summed E-state index contributed by atoms with van der Waals surface area (Å²) in [5.74, 6) is 2.00. The summed E-state index contributed by atoms with van der Waals surface area (Å²) < 4.78 is 17.5. The van der Waals surface area contributed by atoms with Gasteiger partial charge in [0.15, 0.2) is 6.10 Å². The normalized spacial score (nSPS) is 18.1. The lowest BCUT2D eigenvalue weighted by Gasteiger charge is -2.38. The van der Waals surface area contributed by atoms with Crippen molar-refractivity contribution in [3.8, 4) is 17.2 Å². The zero-order valence-electron chi connectivity index (χ0n) is 17.8. The van der Waals surface area contributed by atoms with Gasteiger partial charge in [-0.1, -0.05) is 36.4 Å². The molecular weight excluding hydrogens is 378 g/mol. The van der Waals surface area contributed by atoms with E-state index in [0.717, 1.165) is 27.8 Å². The first-order valence-corrected chi connectivity index (χ1v) is 10.2. The summed E-state index contributed by atoms with van der Waals surface area (Å²) in [6, 6.07) is 19.4. The number of hydrogen-bond donors (Lipinski definition) is 1. The van der Waals surface area contributed by atoms with E-state index in [4.69, 9.17) is 14.2 Å². The Bertz CT molecular complexity index is 1070.